The fourth-order valence-corrected chi connectivity index (χ4v) is 3.03. The molecule has 4 nitrogen and oxygen atoms in total. The van der Waals surface area contributed by atoms with Crippen LogP contribution in [0, 0.1) is 0 Å². The normalized spacial score (nSPS) is 10.4. The van der Waals surface area contributed by atoms with Crippen LogP contribution in [0.4, 0.5) is 5.69 Å². The van der Waals surface area contributed by atoms with Crippen molar-refractivity contribution in [2.24, 2.45) is 0 Å². The molecule has 3 aromatic carbocycles. The van der Waals surface area contributed by atoms with E-state index in [1.54, 1.807) is 12.1 Å². The summed E-state index contributed by atoms with van der Waals surface area (Å²) in [4.78, 5) is 12.6. The van der Waals surface area contributed by atoms with E-state index >= 15 is 0 Å². The molecule has 0 aliphatic heterocycles. The standard InChI is InChI=1S/C26H29NO3/c1-2-3-19-29-23-17-15-22(16-18-23)26(28)27-24-13-7-8-14-25(24)30-20-9-12-21-10-5-4-6-11-21/h4-8,10-11,13-18H,2-3,9,12,19-20H2,1H3,(H,27,28). The van der Waals surface area contributed by atoms with E-state index in [1.807, 2.05) is 54.6 Å². The number of aryl methyl sites for hydroxylation is 1. The Kier molecular flexibility index (Phi) is 8.34. The Balaban J connectivity index is 1.52. The second kappa shape index (κ2) is 11.7. The summed E-state index contributed by atoms with van der Waals surface area (Å²) in [6.07, 6.45) is 3.98. The molecule has 4 heteroatoms. The maximum atomic E-state index is 12.6. The Morgan fingerprint density at radius 3 is 2.27 bits per heavy atom. The number of rotatable bonds is 11. The molecule has 3 aromatic rings. The van der Waals surface area contributed by atoms with E-state index in [0.29, 0.717) is 30.2 Å². The molecule has 0 saturated carbocycles. The second-order valence-corrected chi connectivity index (χ2v) is 7.11. The Morgan fingerprint density at radius 1 is 0.800 bits per heavy atom. The van der Waals surface area contributed by atoms with Gasteiger partial charge in [0, 0.05) is 5.56 Å². The van der Waals surface area contributed by atoms with E-state index < -0.39 is 0 Å². The molecule has 0 atom stereocenters. The SMILES string of the molecule is CCCCOc1ccc(C(=O)Nc2ccccc2OCCCc2ccccc2)cc1. The lowest BCUT2D eigenvalue weighted by Gasteiger charge is -2.13. The molecule has 1 N–H and O–H groups in total. The van der Waals surface area contributed by atoms with Gasteiger partial charge < -0.3 is 14.8 Å². The summed E-state index contributed by atoms with van der Waals surface area (Å²) in [5, 5.41) is 2.95. The lowest BCUT2D eigenvalue weighted by molar-refractivity contribution is 0.102. The highest BCUT2D eigenvalue weighted by Gasteiger charge is 2.10. The minimum absolute atomic E-state index is 0.171. The van der Waals surface area contributed by atoms with Crippen LogP contribution in [0.2, 0.25) is 0 Å². The number of nitrogens with one attached hydrogen (secondary N) is 1. The Bertz CT molecular complexity index is 907. The maximum Gasteiger partial charge on any atom is 0.255 e. The van der Waals surface area contributed by atoms with Gasteiger partial charge in [0.25, 0.3) is 5.91 Å². The summed E-state index contributed by atoms with van der Waals surface area (Å²) >= 11 is 0. The third-order valence-corrected chi connectivity index (χ3v) is 4.73. The van der Waals surface area contributed by atoms with Crippen molar-refractivity contribution in [3.05, 3.63) is 90.0 Å². The smallest absolute Gasteiger partial charge is 0.255 e. The first-order valence-electron chi connectivity index (χ1n) is 10.6. The molecule has 0 bridgehead atoms. The van der Waals surface area contributed by atoms with Crippen LogP contribution in [0.5, 0.6) is 11.5 Å². The first-order valence-corrected chi connectivity index (χ1v) is 10.6. The Labute approximate surface area is 178 Å². The summed E-state index contributed by atoms with van der Waals surface area (Å²) in [7, 11) is 0. The van der Waals surface area contributed by atoms with E-state index in [1.165, 1.54) is 5.56 Å². The topological polar surface area (TPSA) is 47.6 Å². The maximum absolute atomic E-state index is 12.6. The lowest BCUT2D eigenvalue weighted by Crippen LogP contribution is -2.13. The largest absolute Gasteiger partial charge is 0.494 e. The zero-order chi connectivity index (χ0) is 21.0. The van der Waals surface area contributed by atoms with Crippen molar-refractivity contribution >= 4 is 11.6 Å². The molecule has 0 aromatic heterocycles. The molecule has 0 fully saturated rings. The van der Waals surface area contributed by atoms with Crippen LogP contribution < -0.4 is 14.8 Å². The van der Waals surface area contributed by atoms with Crippen LogP contribution in [0.25, 0.3) is 0 Å². The van der Waals surface area contributed by atoms with E-state index in [-0.39, 0.29) is 5.91 Å². The van der Waals surface area contributed by atoms with E-state index in [9.17, 15) is 4.79 Å². The summed E-state index contributed by atoms with van der Waals surface area (Å²) in [5.74, 6) is 1.29. The molecule has 30 heavy (non-hydrogen) atoms. The fourth-order valence-electron chi connectivity index (χ4n) is 3.03. The third-order valence-electron chi connectivity index (χ3n) is 4.73. The van der Waals surface area contributed by atoms with Gasteiger partial charge >= 0.3 is 0 Å². The zero-order valence-corrected chi connectivity index (χ0v) is 17.5. The number of unbranched alkanes of at least 4 members (excludes halogenated alkanes) is 1. The van der Waals surface area contributed by atoms with Gasteiger partial charge in [-0.25, -0.2) is 0 Å². The predicted octanol–water partition coefficient (Wildman–Crippen LogP) is 6.13. The Morgan fingerprint density at radius 2 is 1.50 bits per heavy atom. The minimum Gasteiger partial charge on any atom is -0.494 e. The zero-order valence-electron chi connectivity index (χ0n) is 17.5. The molecule has 3 rings (SSSR count). The molecular weight excluding hydrogens is 374 g/mol. The van der Waals surface area contributed by atoms with Crippen molar-refractivity contribution in [3.8, 4) is 11.5 Å². The first kappa shape index (κ1) is 21.4. The molecule has 0 spiro atoms. The number of ether oxygens (including phenoxy) is 2. The van der Waals surface area contributed by atoms with Crippen molar-refractivity contribution in [1.82, 2.24) is 0 Å². The van der Waals surface area contributed by atoms with Crippen molar-refractivity contribution in [3.63, 3.8) is 0 Å². The highest BCUT2D eigenvalue weighted by Crippen LogP contribution is 2.25. The summed E-state index contributed by atoms with van der Waals surface area (Å²) in [6.45, 7) is 3.41. The van der Waals surface area contributed by atoms with Crippen LogP contribution in [-0.4, -0.2) is 19.1 Å². The second-order valence-electron chi connectivity index (χ2n) is 7.11. The van der Waals surface area contributed by atoms with Gasteiger partial charge in [-0.2, -0.15) is 0 Å². The molecule has 0 unspecified atom stereocenters. The highest BCUT2D eigenvalue weighted by atomic mass is 16.5. The molecule has 0 saturated heterocycles. The molecule has 0 radical (unpaired) electrons. The summed E-state index contributed by atoms with van der Waals surface area (Å²) in [6, 6.07) is 25.1. The molecule has 0 heterocycles. The first-order chi connectivity index (χ1) is 14.8. The average molecular weight is 404 g/mol. The van der Waals surface area contributed by atoms with Gasteiger partial charge in [0.2, 0.25) is 0 Å². The summed E-state index contributed by atoms with van der Waals surface area (Å²) in [5.41, 5.74) is 2.55. The van der Waals surface area contributed by atoms with E-state index in [0.717, 1.165) is 31.4 Å². The number of anilines is 1. The molecule has 1 amide bonds. The van der Waals surface area contributed by atoms with Gasteiger partial charge in [-0.3, -0.25) is 4.79 Å². The predicted molar refractivity (Wildman–Crippen MR) is 121 cm³/mol. The van der Waals surface area contributed by atoms with Gasteiger partial charge in [0.05, 0.1) is 18.9 Å². The van der Waals surface area contributed by atoms with Crippen LogP contribution in [0.3, 0.4) is 0 Å². The number of para-hydroxylation sites is 2. The third kappa shape index (κ3) is 6.66. The van der Waals surface area contributed by atoms with Gasteiger partial charge in [-0.05, 0) is 61.2 Å². The number of amides is 1. The minimum atomic E-state index is -0.171. The van der Waals surface area contributed by atoms with E-state index in [4.69, 9.17) is 9.47 Å². The number of hydrogen-bond acceptors (Lipinski definition) is 3. The molecular formula is C26H29NO3. The lowest BCUT2D eigenvalue weighted by atomic mass is 10.1. The Hall–Kier alpha value is -3.27. The van der Waals surface area contributed by atoms with E-state index in [2.05, 4.69) is 24.4 Å². The molecule has 0 aliphatic rings. The average Bonchev–Trinajstić information content (AvgIpc) is 2.79. The monoisotopic (exact) mass is 403 g/mol. The van der Waals surface area contributed by atoms with Crippen LogP contribution in [-0.2, 0) is 6.42 Å². The van der Waals surface area contributed by atoms with Gasteiger partial charge in [-0.1, -0.05) is 55.8 Å². The van der Waals surface area contributed by atoms with Crippen molar-refractivity contribution in [1.29, 1.82) is 0 Å². The van der Waals surface area contributed by atoms with Crippen molar-refractivity contribution in [2.45, 2.75) is 32.6 Å². The summed E-state index contributed by atoms with van der Waals surface area (Å²) < 4.78 is 11.6. The molecule has 156 valence electrons. The quantitative estimate of drug-likeness (QED) is 0.392. The van der Waals surface area contributed by atoms with Gasteiger partial charge in [0.1, 0.15) is 11.5 Å². The van der Waals surface area contributed by atoms with Crippen LogP contribution >= 0.6 is 0 Å². The van der Waals surface area contributed by atoms with Crippen LogP contribution in [0.15, 0.2) is 78.9 Å². The van der Waals surface area contributed by atoms with Crippen molar-refractivity contribution < 1.29 is 14.3 Å². The molecule has 0 aliphatic carbocycles. The fraction of sp³-hybridized carbons (Fsp3) is 0.269. The van der Waals surface area contributed by atoms with Gasteiger partial charge in [0.15, 0.2) is 0 Å². The number of hydrogen-bond donors (Lipinski definition) is 1. The number of carbonyl (C=O) groups excluding carboxylic acids is 1. The number of benzene rings is 3. The highest BCUT2D eigenvalue weighted by molar-refractivity contribution is 6.05. The van der Waals surface area contributed by atoms with Crippen molar-refractivity contribution in [2.75, 3.05) is 18.5 Å². The van der Waals surface area contributed by atoms with Gasteiger partial charge in [-0.15, -0.1) is 0 Å². The van der Waals surface area contributed by atoms with Crippen LogP contribution in [0.1, 0.15) is 42.1 Å². The number of carbonyl (C=O) groups is 1.